The molecule has 0 aromatic heterocycles. The Morgan fingerprint density at radius 1 is 0.677 bits per heavy atom. The second-order valence-electron chi connectivity index (χ2n) is 15.3. The van der Waals surface area contributed by atoms with E-state index >= 15 is 0 Å². The van der Waals surface area contributed by atoms with Crippen LogP contribution in [0.3, 0.4) is 0 Å². The van der Waals surface area contributed by atoms with Crippen LogP contribution in [0.15, 0.2) is 0 Å². The summed E-state index contributed by atoms with van der Waals surface area (Å²) < 4.78 is 0. The van der Waals surface area contributed by atoms with Crippen molar-refractivity contribution in [2.45, 2.75) is 132 Å². The molecule has 0 N–H and O–H groups in total. The normalized spacial score (nSPS) is 52.0. The molecule has 0 aromatic rings. The highest BCUT2D eigenvalue weighted by molar-refractivity contribution is 5.30. The lowest BCUT2D eigenvalue weighted by atomic mass is 9.42. The molecule has 0 bridgehead atoms. The molecule has 0 heterocycles. The molecule has 0 unspecified atom stereocenters. The highest BCUT2D eigenvalue weighted by Gasteiger charge is 2.81. The minimum absolute atomic E-state index is 0.601. The first-order chi connectivity index (χ1) is 14.4. The van der Waals surface area contributed by atoms with E-state index in [4.69, 9.17) is 0 Å². The fourth-order valence-electron chi connectivity index (χ4n) is 11.5. The molecule has 5 aliphatic rings. The van der Waals surface area contributed by atoms with Crippen molar-refractivity contribution >= 4 is 0 Å². The maximum atomic E-state index is 2.81. The van der Waals surface area contributed by atoms with Crippen LogP contribution in [-0.4, -0.2) is 0 Å². The molecule has 0 aromatic carbocycles. The Kier molecular flexibility index (Phi) is 5.15. The second-order valence-corrected chi connectivity index (χ2v) is 15.3. The number of hydrogen-bond acceptors (Lipinski definition) is 0. The molecule has 5 fully saturated rings. The van der Waals surface area contributed by atoms with Crippen molar-refractivity contribution in [1.29, 1.82) is 0 Å². The molecule has 0 nitrogen and oxygen atoms in total. The molecule has 0 saturated heterocycles. The van der Waals surface area contributed by atoms with Gasteiger partial charge in [-0.25, -0.2) is 0 Å². The van der Waals surface area contributed by atoms with Gasteiger partial charge in [-0.05, 0) is 120 Å². The largest absolute Gasteiger partial charge is 0.0625 e. The van der Waals surface area contributed by atoms with Gasteiger partial charge >= 0.3 is 0 Å². The zero-order valence-corrected chi connectivity index (χ0v) is 22.4. The van der Waals surface area contributed by atoms with E-state index in [1.165, 1.54) is 38.5 Å². The monoisotopic (exact) mass is 426 g/mol. The quantitative estimate of drug-likeness (QED) is 0.410. The van der Waals surface area contributed by atoms with Crippen LogP contribution in [0.1, 0.15) is 132 Å². The molecular formula is C31H54. The zero-order chi connectivity index (χ0) is 22.4. The third kappa shape index (κ3) is 2.84. The van der Waals surface area contributed by atoms with Crippen LogP contribution in [-0.2, 0) is 0 Å². The summed E-state index contributed by atoms with van der Waals surface area (Å²) in [5.41, 5.74) is 3.34. The van der Waals surface area contributed by atoms with Gasteiger partial charge in [0.15, 0.2) is 0 Å². The molecule has 0 amide bonds. The lowest BCUT2D eigenvalue weighted by Crippen LogP contribution is -2.56. The van der Waals surface area contributed by atoms with E-state index in [1.807, 2.05) is 0 Å². The summed E-state index contributed by atoms with van der Waals surface area (Å²) in [7, 11) is 0. The summed E-state index contributed by atoms with van der Waals surface area (Å²) in [4.78, 5) is 0. The molecule has 9 atom stereocenters. The Bertz CT molecular complexity index is 703. The van der Waals surface area contributed by atoms with Gasteiger partial charge in [0.1, 0.15) is 0 Å². The number of rotatable bonds is 5. The molecule has 5 aliphatic carbocycles. The van der Waals surface area contributed by atoms with Gasteiger partial charge < -0.3 is 0 Å². The smallest absolute Gasteiger partial charge is 0.0198 e. The van der Waals surface area contributed by atoms with Crippen LogP contribution in [0.25, 0.3) is 0 Å². The second kappa shape index (κ2) is 7.01. The van der Waals surface area contributed by atoms with Gasteiger partial charge in [0.05, 0.1) is 0 Å². The molecule has 0 aliphatic heterocycles. The predicted octanol–water partition coefficient (Wildman–Crippen LogP) is 9.52. The van der Waals surface area contributed by atoms with Crippen molar-refractivity contribution in [2.75, 3.05) is 0 Å². The van der Waals surface area contributed by atoms with Crippen molar-refractivity contribution in [3.8, 4) is 0 Å². The summed E-state index contributed by atoms with van der Waals surface area (Å²) in [6.45, 7) is 20.8. The molecule has 5 saturated carbocycles. The van der Waals surface area contributed by atoms with E-state index in [0.717, 1.165) is 46.3 Å². The van der Waals surface area contributed by atoms with Crippen molar-refractivity contribution in [1.82, 2.24) is 0 Å². The van der Waals surface area contributed by atoms with E-state index in [2.05, 4.69) is 55.4 Å². The van der Waals surface area contributed by atoms with E-state index in [-0.39, 0.29) is 0 Å². The van der Waals surface area contributed by atoms with Crippen molar-refractivity contribution in [3.05, 3.63) is 0 Å². The van der Waals surface area contributed by atoms with Crippen molar-refractivity contribution in [3.63, 3.8) is 0 Å². The fourth-order valence-corrected chi connectivity index (χ4v) is 11.5. The molecule has 2 spiro atoms. The van der Waals surface area contributed by atoms with Crippen LogP contribution in [0.5, 0.6) is 0 Å². The fraction of sp³-hybridized carbons (Fsp3) is 1.00. The third-order valence-electron chi connectivity index (χ3n) is 13.8. The molecule has 5 rings (SSSR count). The van der Waals surface area contributed by atoms with Crippen LogP contribution in [0, 0.1) is 62.6 Å². The molecule has 31 heavy (non-hydrogen) atoms. The van der Waals surface area contributed by atoms with Crippen LogP contribution >= 0.6 is 0 Å². The summed E-state index contributed by atoms with van der Waals surface area (Å²) in [5, 5.41) is 0. The van der Waals surface area contributed by atoms with Gasteiger partial charge in [0.25, 0.3) is 0 Å². The van der Waals surface area contributed by atoms with Gasteiger partial charge in [0, 0.05) is 0 Å². The topological polar surface area (TPSA) is 0 Å². The van der Waals surface area contributed by atoms with Crippen LogP contribution < -0.4 is 0 Å². The van der Waals surface area contributed by atoms with E-state index in [0.29, 0.717) is 16.2 Å². The average Bonchev–Trinajstić information content (AvgIpc) is 3.27. The van der Waals surface area contributed by atoms with Crippen LogP contribution in [0.4, 0.5) is 0 Å². The predicted molar refractivity (Wildman–Crippen MR) is 134 cm³/mol. The first-order valence-corrected chi connectivity index (χ1v) is 14.4. The molecule has 178 valence electrons. The van der Waals surface area contributed by atoms with E-state index < -0.39 is 0 Å². The highest BCUT2D eigenvalue weighted by atomic mass is 14.9. The Morgan fingerprint density at radius 3 is 2.06 bits per heavy atom. The summed E-state index contributed by atoms with van der Waals surface area (Å²) >= 11 is 0. The maximum Gasteiger partial charge on any atom is -0.0198 e. The van der Waals surface area contributed by atoms with E-state index in [1.54, 1.807) is 38.5 Å². The van der Waals surface area contributed by atoms with Crippen molar-refractivity contribution < 1.29 is 0 Å². The van der Waals surface area contributed by atoms with Gasteiger partial charge in [-0.15, -0.1) is 0 Å². The number of fused-ring (bicyclic) bond motifs is 2. The Balaban J connectivity index is 1.38. The minimum atomic E-state index is 0.601. The van der Waals surface area contributed by atoms with Crippen molar-refractivity contribution in [2.24, 2.45) is 62.6 Å². The molecular weight excluding hydrogens is 372 g/mol. The van der Waals surface area contributed by atoms with E-state index in [9.17, 15) is 0 Å². The lowest BCUT2D eigenvalue weighted by Gasteiger charge is -2.63. The Labute approximate surface area is 195 Å². The first-order valence-electron chi connectivity index (χ1n) is 14.4. The standard InChI is InChI=1S/C31H54/c1-21(2)22(3)10-11-23(4)24-14-17-29(8)26-13-12-25-27(5,6)15-9-16-30(25)20-31(26,30)19-18-28(24,29)7/h21-26H,9-20H2,1-8H3/t22-,23+,24+,25-,26-,28+,29-,30+,31-/m0/s1. The first kappa shape index (κ1) is 22.8. The average molecular weight is 427 g/mol. The maximum absolute atomic E-state index is 2.81. The Morgan fingerprint density at radius 2 is 1.35 bits per heavy atom. The summed E-state index contributed by atoms with van der Waals surface area (Å²) in [5.74, 6) is 5.69. The molecule has 0 heteroatoms. The SMILES string of the molecule is CC(C)[C@@H](C)CC[C@@H](C)[C@H]1CC[C@@]2(C)[C@@H]3CC[C@H]4C(C)(C)CCC[C@@]45C[C@@]35CC[C@]12C. The highest BCUT2D eigenvalue weighted by Crippen LogP contribution is 2.89. The minimum Gasteiger partial charge on any atom is -0.0625 e. The third-order valence-corrected chi connectivity index (χ3v) is 13.8. The van der Waals surface area contributed by atoms with Gasteiger partial charge in [-0.2, -0.15) is 0 Å². The summed E-state index contributed by atoms with van der Waals surface area (Å²) in [6, 6.07) is 0. The van der Waals surface area contributed by atoms with Gasteiger partial charge in [-0.3, -0.25) is 0 Å². The summed E-state index contributed by atoms with van der Waals surface area (Å²) in [6.07, 6.45) is 18.4. The Hall–Kier alpha value is 0. The van der Waals surface area contributed by atoms with Gasteiger partial charge in [-0.1, -0.05) is 74.7 Å². The number of hydrogen-bond donors (Lipinski definition) is 0. The van der Waals surface area contributed by atoms with Crippen LogP contribution in [0.2, 0.25) is 0 Å². The van der Waals surface area contributed by atoms with Gasteiger partial charge in [0.2, 0.25) is 0 Å². The lowest BCUT2D eigenvalue weighted by molar-refractivity contribution is -0.142. The zero-order valence-electron chi connectivity index (χ0n) is 22.4. The molecule has 0 radical (unpaired) electrons.